The third-order valence-corrected chi connectivity index (χ3v) is 5.49. The fourth-order valence-electron chi connectivity index (χ4n) is 1.78. The van der Waals surface area contributed by atoms with Crippen molar-refractivity contribution in [2.75, 3.05) is 0 Å². The van der Waals surface area contributed by atoms with Crippen LogP contribution in [0.1, 0.15) is 17.0 Å². The number of aryl methyl sites for hydroxylation is 2. The van der Waals surface area contributed by atoms with Crippen molar-refractivity contribution in [1.82, 2.24) is 9.19 Å². The zero-order valence-electron chi connectivity index (χ0n) is 10.6. The summed E-state index contributed by atoms with van der Waals surface area (Å²) in [6.45, 7) is 5.08. The van der Waals surface area contributed by atoms with Crippen LogP contribution in [0.25, 0.3) is 0 Å². The Kier molecular flexibility index (Phi) is 3.64. The highest BCUT2D eigenvalue weighted by Gasteiger charge is 2.24. The van der Waals surface area contributed by atoms with E-state index >= 15 is 0 Å². The highest BCUT2D eigenvalue weighted by Crippen LogP contribution is 2.31. The third kappa shape index (κ3) is 2.38. The van der Waals surface area contributed by atoms with Crippen molar-refractivity contribution in [2.45, 2.75) is 25.7 Å². The van der Waals surface area contributed by atoms with E-state index in [9.17, 15) is 8.42 Å². The van der Waals surface area contributed by atoms with Crippen LogP contribution in [0.5, 0.6) is 0 Å². The standard InChI is InChI=1S/C12H12Cl2N2O2S/c1-7-6-8(2)16(15-7)19(17,18)11-5-4-10(13)9(3)12(11)14/h4-6H,1-3H3. The molecule has 0 bridgehead atoms. The Morgan fingerprint density at radius 2 is 1.79 bits per heavy atom. The highest BCUT2D eigenvalue weighted by molar-refractivity contribution is 7.90. The number of aromatic nitrogens is 2. The summed E-state index contributed by atoms with van der Waals surface area (Å²) in [5.74, 6) is 0. The number of halogens is 2. The molecule has 0 aliphatic rings. The van der Waals surface area contributed by atoms with Crippen LogP contribution in [0.4, 0.5) is 0 Å². The first kappa shape index (κ1) is 14.4. The summed E-state index contributed by atoms with van der Waals surface area (Å²) in [4.78, 5) is 0.00210. The predicted octanol–water partition coefficient (Wildman–Crippen LogP) is 3.35. The molecule has 0 amide bonds. The maximum atomic E-state index is 12.5. The van der Waals surface area contributed by atoms with E-state index in [1.807, 2.05) is 0 Å². The van der Waals surface area contributed by atoms with Crippen LogP contribution in [-0.4, -0.2) is 17.6 Å². The van der Waals surface area contributed by atoms with Gasteiger partial charge in [0.25, 0.3) is 10.0 Å². The average molecular weight is 319 g/mol. The Hall–Kier alpha value is -1.04. The van der Waals surface area contributed by atoms with Gasteiger partial charge in [-0.25, -0.2) is 0 Å². The number of hydrogen-bond donors (Lipinski definition) is 0. The molecule has 1 aromatic carbocycles. The molecule has 2 rings (SSSR count). The quantitative estimate of drug-likeness (QED) is 0.853. The molecule has 2 aromatic rings. The van der Waals surface area contributed by atoms with E-state index in [4.69, 9.17) is 23.2 Å². The monoisotopic (exact) mass is 318 g/mol. The maximum absolute atomic E-state index is 12.5. The van der Waals surface area contributed by atoms with Crippen molar-refractivity contribution < 1.29 is 8.42 Å². The Labute approximate surface area is 122 Å². The number of rotatable bonds is 2. The van der Waals surface area contributed by atoms with Crippen molar-refractivity contribution in [3.8, 4) is 0 Å². The van der Waals surface area contributed by atoms with Crippen LogP contribution in [-0.2, 0) is 10.0 Å². The molecule has 7 heteroatoms. The minimum atomic E-state index is -3.80. The molecule has 0 spiro atoms. The molecule has 0 aliphatic carbocycles. The zero-order chi connectivity index (χ0) is 14.4. The molecule has 0 fully saturated rings. The lowest BCUT2D eigenvalue weighted by Crippen LogP contribution is -2.17. The second kappa shape index (κ2) is 4.81. The summed E-state index contributed by atoms with van der Waals surface area (Å²) in [5.41, 5.74) is 1.69. The Morgan fingerprint density at radius 1 is 1.16 bits per heavy atom. The van der Waals surface area contributed by atoms with Gasteiger partial charge in [0.05, 0.1) is 16.4 Å². The van der Waals surface area contributed by atoms with Crippen molar-refractivity contribution in [3.63, 3.8) is 0 Å². The molecule has 0 atom stereocenters. The minimum Gasteiger partial charge on any atom is -0.199 e. The van der Waals surface area contributed by atoms with Gasteiger partial charge in [-0.1, -0.05) is 23.2 Å². The summed E-state index contributed by atoms with van der Waals surface area (Å²) in [6.07, 6.45) is 0. The van der Waals surface area contributed by atoms with Gasteiger partial charge >= 0.3 is 0 Å². The van der Waals surface area contributed by atoms with E-state index in [0.29, 0.717) is 22.0 Å². The van der Waals surface area contributed by atoms with Gasteiger partial charge in [-0.2, -0.15) is 17.6 Å². The minimum absolute atomic E-state index is 0.00210. The molecular weight excluding hydrogens is 307 g/mol. The van der Waals surface area contributed by atoms with Gasteiger partial charge in [0.2, 0.25) is 0 Å². The lowest BCUT2D eigenvalue weighted by Gasteiger charge is -2.10. The molecule has 102 valence electrons. The topological polar surface area (TPSA) is 52.0 Å². The molecule has 0 aliphatic heterocycles. The molecular formula is C12H12Cl2N2O2S. The lowest BCUT2D eigenvalue weighted by atomic mass is 10.2. The Morgan fingerprint density at radius 3 is 2.32 bits per heavy atom. The van der Waals surface area contributed by atoms with E-state index < -0.39 is 10.0 Å². The fraction of sp³-hybridized carbons (Fsp3) is 0.250. The van der Waals surface area contributed by atoms with Crippen molar-refractivity contribution in [3.05, 3.63) is 45.2 Å². The van der Waals surface area contributed by atoms with Gasteiger partial charge < -0.3 is 0 Å². The van der Waals surface area contributed by atoms with Gasteiger partial charge in [-0.3, -0.25) is 0 Å². The Balaban J connectivity index is 2.71. The summed E-state index contributed by atoms with van der Waals surface area (Å²) in [5, 5.41) is 4.54. The summed E-state index contributed by atoms with van der Waals surface area (Å²) < 4.78 is 26.0. The SMILES string of the molecule is Cc1cc(C)n(S(=O)(=O)c2ccc(Cl)c(C)c2Cl)n1. The van der Waals surface area contributed by atoms with Gasteiger partial charge in [-0.05, 0) is 44.5 Å². The van der Waals surface area contributed by atoms with Crippen LogP contribution in [0.3, 0.4) is 0 Å². The second-order valence-corrected chi connectivity index (χ2v) is 6.78. The van der Waals surface area contributed by atoms with E-state index in [1.165, 1.54) is 12.1 Å². The first-order chi connectivity index (χ1) is 8.75. The molecule has 0 radical (unpaired) electrons. The van der Waals surface area contributed by atoms with Crippen LogP contribution in [0.15, 0.2) is 23.1 Å². The molecule has 1 aromatic heterocycles. The largest absolute Gasteiger partial charge is 0.284 e. The van der Waals surface area contributed by atoms with E-state index in [-0.39, 0.29) is 9.92 Å². The van der Waals surface area contributed by atoms with Crippen LogP contribution in [0.2, 0.25) is 10.0 Å². The highest BCUT2D eigenvalue weighted by atomic mass is 35.5. The fourth-order valence-corrected chi connectivity index (χ4v) is 3.92. The number of hydrogen-bond acceptors (Lipinski definition) is 3. The summed E-state index contributed by atoms with van der Waals surface area (Å²) in [6, 6.07) is 4.60. The smallest absolute Gasteiger partial charge is 0.199 e. The Bertz CT molecular complexity index is 751. The number of nitrogens with zero attached hydrogens (tertiary/aromatic N) is 2. The zero-order valence-corrected chi connectivity index (χ0v) is 12.9. The van der Waals surface area contributed by atoms with E-state index in [2.05, 4.69) is 5.10 Å². The van der Waals surface area contributed by atoms with Gasteiger partial charge in [0.15, 0.2) is 0 Å². The average Bonchev–Trinajstić information content (AvgIpc) is 2.66. The van der Waals surface area contributed by atoms with Crippen LogP contribution in [0, 0.1) is 20.8 Å². The molecule has 1 heterocycles. The first-order valence-electron chi connectivity index (χ1n) is 5.48. The molecule has 4 nitrogen and oxygen atoms in total. The predicted molar refractivity (Wildman–Crippen MR) is 75.5 cm³/mol. The van der Waals surface area contributed by atoms with Crippen molar-refractivity contribution in [2.24, 2.45) is 0 Å². The lowest BCUT2D eigenvalue weighted by molar-refractivity contribution is 0.577. The van der Waals surface area contributed by atoms with Crippen molar-refractivity contribution in [1.29, 1.82) is 0 Å². The van der Waals surface area contributed by atoms with Gasteiger partial charge in [0.1, 0.15) is 4.90 Å². The van der Waals surface area contributed by atoms with Crippen LogP contribution < -0.4 is 0 Å². The van der Waals surface area contributed by atoms with Gasteiger partial charge in [0, 0.05) is 5.02 Å². The maximum Gasteiger partial charge on any atom is 0.284 e. The van der Waals surface area contributed by atoms with E-state index in [1.54, 1.807) is 26.8 Å². The third-order valence-electron chi connectivity index (χ3n) is 2.76. The second-order valence-electron chi connectivity index (χ2n) is 4.26. The number of benzene rings is 1. The summed E-state index contributed by atoms with van der Waals surface area (Å²) in [7, 11) is -3.80. The van der Waals surface area contributed by atoms with Crippen LogP contribution >= 0.6 is 23.2 Å². The molecule has 0 saturated carbocycles. The van der Waals surface area contributed by atoms with E-state index in [0.717, 1.165) is 4.09 Å². The molecule has 19 heavy (non-hydrogen) atoms. The van der Waals surface area contributed by atoms with Crippen molar-refractivity contribution >= 4 is 33.2 Å². The first-order valence-corrected chi connectivity index (χ1v) is 7.68. The normalized spacial score (nSPS) is 11.8. The van der Waals surface area contributed by atoms with Gasteiger partial charge in [-0.15, -0.1) is 0 Å². The summed E-state index contributed by atoms with van der Waals surface area (Å²) >= 11 is 12.0. The molecule has 0 N–H and O–H groups in total. The molecule has 0 unspecified atom stereocenters. The molecule has 0 saturated heterocycles.